The second-order valence-corrected chi connectivity index (χ2v) is 9.53. The molecule has 0 spiro atoms. The van der Waals surface area contributed by atoms with Crippen molar-refractivity contribution in [3.8, 4) is 6.07 Å². The van der Waals surface area contributed by atoms with Crippen LogP contribution in [0.25, 0.3) is 0 Å². The van der Waals surface area contributed by atoms with Crippen molar-refractivity contribution < 1.29 is 29.0 Å². The molecule has 10 nitrogen and oxygen atoms in total. The number of benzene rings is 3. The van der Waals surface area contributed by atoms with Gasteiger partial charge in [-0.25, -0.2) is 4.79 Å². The summed E-state index contributed by atoms with van der Waals surface area (Å²) in [6.07, 6.45) is 0.290. The van der Waals surface area contributed by atoms with E-state index in [4.69, 9.17) is 9.84 Å². The van der Waals surface area contributed by atoms with Crippen molar-refractivity contribution >= 4 is 29.4 Å². The van der Waals surface area contributed by atoms with Gasteiger partial charge in [0.1, 0.15) is 12.1 Å². The van der Waals surface area contributed by atoms with E-state index in [2.05, 4.69) is 10.6 Å². The highest BCUT2D eigenvalue weighted by Crippen LogP contribution is 2.25. The van der Waals surface area contributed by atoms with Crippen LogP contribution < -0.4 is 10.6 Å². The molecule has 4 rings (SSSR count). The third-order valence-corrected chi connectivity index (χ3v) is 6.47. The number of imide groups is 1. The fourth-order valence-electron chi connectivity index (χ4n) is 4.41. The van der Waals surface area contributed by atoms with Crippen LogP contribution in [0.3, 0.4) is 0 Å². The molecular formula is C30H28N4O6. The first kappa shape index (κ1) is 28.0. The smallest absolute Gasteiger partial charge is 0.335 e. The third-order valence-electron chi connectivity index (χ3n) is 6.47. The molecular weight excluding hydrogens is 512 g/mol. The molecule has 0 bridgehead atoms. The maximum Gasteiger partial charge on any atom is 0.335 e. The number of amides is 3. The van der Waals surface area contributed by atoms with Gasteiger partial charge in [0.2, 0.25) is 5.91 Å². The van der Waals surface area contributed by atoms with E-state index >= 15 is 0 Å². The van der Waals surface area contributed by atoms with Crippen LogP contribution in [0.5, 0.6) is 0 Å². The summed E-state index contributed by atoms with van der Waals surface area (Å²) in [4.78, 5) is 50.3. The Kier molecular flexibility index (Phi) is 8.57. The summed E-state index contributed by atoms with van der Waals surface area (Å²) in [7, 11) is 1.42. The molecule has 0 aliphatic carbocycles. The molecule has 3 aromatic carbocycles. The summed E-state index contributed by atoms with van der Waals surface area (Å²) < 4.78 is 5.60. The van der Waals surface area contributed by atoms with Gasteiger partial charge in [0.25, 0.3) is 11.8 Å². The van der Waals surface area contributed by atoms with Gasteiger partial charge in [0.15, 0.2) is 0 Å². The molecule has 3 aromatic rings. The van der Waals surface area contributed by atoms with Crippen molar-refractivity contribution in [2.24, 2.45) is 0 Å². The van der Waals surface area contributed by atoms with Gasteiger partial charge < -0.3 is 20.5 Å². The number of carboxylic acids is 1. The van der Waals surface area contributed by atoms with Crippen LogP contribution in [0, 0.1) is 18.3 Å². The summed E-state index contributed by atoms with van der Waals surface area (Å²) in [5.74, 6) is -2.31. The van der Waals surface area contributed by atoms with Crippen molar-refractivity contribution in [2.45, 2.75) is 32.0 Å². The van der Waals surface area contributed by atoms with Crippen molar-refractivity contribution in [2.75, 3.05) is 19.0 Å². The predicted octanol–water partition coefficient (Wildman–Crippen LogP) is 3.17. The van der Waals surface area contributed by atoms with Crippen LogP contribution >= 0.6 is 0 Å². The quantitative estimate of drug-likeness (QED) is 0.314. The molecule has 0 aromatic heterocycles. The Morgan fingerprint density at radius 2 is 1.73 bits per heavy atom. The number of nitrogens with one attached hydrogen (secondary N) is 2. The van der Waals surface area contributed by atoms with Crippen LogP contribution in [-0.2, 0) is 22.6 Å². The zero-order valence-corrected chi connectivity index (χ0v) is 22.0. The number of hydrogen-bond acceptors (Lipinski definition) is 7. The highest BCUT2D eigenvalue weighted by atomic mass is 16.5. The number of rotatable bonds is 11. The van der Waals surface area contributed by atoms with E-state index < -0.39 is 29.9 Å². The second kappa shape index (κ2) is 12.2. The molecule has 1 aliphatic heterocycles. The number of aryl methyl sites for hydroxylation is 1. The molecule has 0 fully saturated rings. The minimum absolute atomic E-state index is 0.0659. The standard InChI is InChI=1S/C30H28N4O6/c1-18-5-3-6-19(11-18)13-26(32-22-9-10-24-25(14-22)29(37)34(2)28(24)36)27(35)33-23(15-31)17-40-16-20-7-4-8-21(12-20)30(38)39/h3-12,14,23,26,32H,13,16-17H2,1-2H3,(H,33,35)(H,38,39)/t23-,26+/m1/s1. The first-order valence-electron chi connectivity index (χ1n) is 12.5. The molecule has 204 valence electrons. The van der Waals surface area contributed by atoms with Gasteiger partial charge in [-0.05, 0) is 48.4 Å². The Balaban J connectivity index is 1.46. The predicted molar refractivity (Wildman–Crippen MR) is 146 cm³/mol. The van der Waals surface area contributed by atoms with E-state index in [9.17, 15) is 24.4 Å². The summed E-state index contributed by atoms with van der Waals surface area (Å²) in [6.45, 7) is 1.90. The highest BCUT2D eigenvalue weighted by molar-refractivity contribution is 6.21. The van der Waals surface area contributed by atoms with Crippen LogP contribution in [-0.4, -0.2) is 59.4 Å². The summed E-state index contributed by atoms with van der Waals surface area (Å²) in [5.41, 5.74) is 3.69. The molecule has 0 saturated heterocycles. The Morgan fingerprint density at radius 3 is 2.45 bits per heavy atom. The van der Waals surface area contributed by atoms with Crippen molar-refractivity contribution in [1.29, 1.82) is 5.26 Å². The minimum atomic E-state index is -1.05. The fraction of sp³-hybridized carbons (Fsp3) is 0.233. The van der Waals surface area contributed by atoms with E-state index in [-0.39, 0.29) is 30.2 Å². The monoisotopic (exact) mass is 540 g/mol. The van der Waals surface area contributed by atoms with E-state index in [0.29, 0.717) is 23.2 Å². The lowest BCUT2D eigenvalue weighted by atomic mass is 10.0. The van der Waals surface area contributed by atoms with Crippen molar-refractivity contribution in [1.82, 2.24) is 10.2 Å². The van der Waals surface area contributed by atoms with E-state index in [1.54, 1.807) is 30.3 Å². The minimum Gasteiger partial charge on any atom is -0.478 e. The van der Waals surface area contributed by atoms with Crippen LogP contribution in [0.15, 0.2) is 66.7 Å². The number of ether oxygens (including phenoxy) is 1. The SMILES string of the molecule is Cc1cccc(C[C@H](Nc2ccc3c(c2)C(=O)N(C)C3=O)C(=O)N[C@H](C#N)COCc2cccc(C(=O)O)c2)c1. The zero-order valence-electron chi connectivity index (χ0n) is 22.0. The van der Waals surface area contributed by atoms with Crippen LogP contribution in [0.4, 0.5) is 5.69 Å². The number of carbonyl (C=O) groups excluding carboxylic acids is 3. The molecule has 2 atom stereocenters. The first-order valence-corrected chi connectivity index (χ1v) is 12.5. The summed E-state index contributed by atoms with van der Waals surface area (Å²) in [5, 5.41) is 24.7. The lowest BCUT2D eigenvalue weighted by Gasteiger charge is -2.22. The second-order valence-electron chi connectivity index (χ2n) is 9.53. The molecule has 1 aliphatic rings. The Hall–Kier alpha value is -5.01. The topological polar surface area (TPSA) is 149 Å². The Morgan fingerprint density at radius 1 is 1.00 bits per heavy atom. The molecule has 3 N–H and O–H groups in total. The largest absolute Gasteiger partial charge is 0.478 e. The lowest BCUT2D eigenvalue weighted by Crippen LogP contribution is -2.46. The summed E-state index contributed by atoms with van der Waals surface area (Å²) >= 11 is 0. The van der Waals surface area contributed by atoms with E-state index in [1.807, 2.05) is 37.3 Å². The maximum atomic E-state index is 13.4. The average molecular weight is 541 g/mol. The van der Waals surface area contributed by atoms with Crippen molar-refractivity contribution in [3.05, 3.63) is 100 Å². The first-order chi connectivity index (χ1) is 19.2. The van der Waals surface area contributed by atoms with Gasteiger partial charge in [-0.2, -0.15) is 5.26 Å². The molecule has 0 radical (unpaired) electrons. The highest BCUT2D eigenvalue weighted by Gasteiger charge is 2.33. The number of fused-ring (bicyclic) bond motifs is 1. The molecule has 0 unspecified atom stereocenters. The van der Waals surface area contributed by atoms with Gasteiger partial charge in [-0.15, -0.1) is 0 Å². The van der Waals surface area contributed by atoms with Gasteiger partial charge in [0, 0.05) is 19.2 Å². The lowest BCUT2D eigenvalue weighted by molar-refractivity contribution is -0.122. The van der Waals surface area contributed by atoms with Gasteiger partial charge in [-0.1, -0.05) is 42.0 Å². The number of nitriles is 1. The molecule has 0 saturated carbocycles. The number of hydrogen-bond donors (Lipinski definition) is 3. The normalized spacial score (nSPS) is 13.8. The van der Waals surface area contributed by atoms with Crippen LogP contribution in [0.1, 0.15) is 47.8 Å². The molecule has 40 heavy (non-hydrogen) atoms. The number of carboxylic acid groups (broad SMARTS) is 1. The van der Waals surface area contributed by atoms with Crippen molar-refractivity contribution in [3.63, 3.8) is 0 Å². The molecule has 10 heteroatoms. The van der Waals surface area contributed by atoms with Gasteiger partial charge in [0.05, 0.1) is 36.0 Å². The zero-order chi connectivity index (χ0) is 28.8. The van der Waals surface area contributed by atoms with Gasteiger partial charge >= 0.3 is 5.97 Å². The number of nitrogens with zero attached hydrogens (tertiary/aromatic N) is 2. The molecule has 1 heterocycles. The Labute approximate surface area is 231 Å². The average Bonchev–Trinajstić information content (AvgIpc) is 3.15. The number of anilines is 1. The van der Waals surface area contributed by atoms with Gasteiger partial charge in [-0.3, -0.25) is 19.3 Å². The number of aromatic carboxylic acids is 1. The van der Waals surface area contributed by atoms with E-state index in [0.717, 1.165) is 16.0 Å². The molecule has 3 amide bonds. The number of carbonyl (C=O) groups is 4. The Bertz CT molecular complexity index is 1510. The third kappa shape index (κ3) is 6.51. The van der Waals surface area contributed by atoms with Crippen LogP contribution in [0.2, 0.25) is 0 Å². The fourth-order valence-corrected chi connectivity index (χ4v) is 4.41. The maximum absolute atomic E-state index is 13.4. The summed E-state index contributed by atoms with van der Waals surface area (Å²) in [6, 6.07) is 18.9. The van der Waals surface area contributed by atoms with E-state index in [1.165, 1.54) is 19.2 Å².